The second-order valence-corrected chi connectivity index (χ2v) is 6.93. The van der Waals surface area contributed by atoms with Gasteiger partial charge in [0, 0.05) is 26.4 Å². The minimum atomic E-state index is -0.512. The van der Waals surface area contributed by atoms with Gasteiger partial charge in [-0.05, 0) is 30.4 Å². The van der Waals surface area contributed by atoms with E-state index in [-0.39, 0.29) is 29.5 Å². The number of hydrogen-bond acceptors (Lipinski definition) is 4. The number of carbonyl (C=O) groups excluding carboxylic acids is 2. The van der Waals surface area contributed by atoms with E-state index in [1.165, 1.54) is 23.9 Å². The zero-order chi connectivity index (χ0) is 19.9. The number of benzene rings is 1. The van der Waals surface area contributed by atoms with Crippen LogP contribution in [0.5, 0.6) is 0 Å². The second-order valence-electron chi connectivity index (χ2n) is 6.93. The largest absolute Gasteiger partial charge is 0.381 e. The minimum Gasteiger partial charge on any atom is -0.381 e. The van der Waals surface area contributed by atoms with Gasteiger partial charge in [0.15, 0.2) is 0 Å². The molecular weight excluding hydrogens is 358 g/mol. The lowest BCUT2D eigenvalue weighted by Gasteiger charge is -2.22. The number of nitrogens with one attached hydrogen (secondary N) is 2. The fourth-order valence-corrected chi connectivity index (χ4v) is 3.26. The van der Waals surface area contributed by atoms with E-state index in [2.05, 4.69) is 10.6 Å². The summed E-state index contributed by atoms with van der Waals surface area (Å²) in [5.74, 6) is -0.536. The molecule has 1 aromatic carbocycles. The van der Waals surface area contributed by atoms with Crippen molar-refractivity contribution in [1.29, 1.82) is 0 Å². The highest BCUT2D eigenvalue weighted by atomic mass is 16.5. The van der Waals surface area contributed by atoms with Crippen LogP contribution in [-0.2, 0) is 11.3 Å². The van der Waals surface area contributed by atoms with E-state index in [0.717, 1.165) is 25.0 Å². The number of amides is 2. The monoisotopic (exact) mass is 383 g/mol. The van der Waals surface area contributed by atoms with Crippen LogP contribution in [0.2, 0.25) is 0 Å². The average Bonchev–Trinajstić information content (AvgIpc) is 2.74. The number of carbonyl (C=O) groups is 2. The number of rotatable bonds is 6. The summed E-state index contributed by atoms with van der Waals surface area (Å²) in [5.41, 5.74) is 0.711. The first-order valence-electron chi connectivity index (χ1n) is 9.45. The molecule has 2 N–H and O–H groups in total. The summed E-state index contributed by atoms with van der Waals surface area (Å²) in [6.45, 7) is 2.19. The Labute approximate surface area is 163 Å². The molecule has 0 spiro atoms. The lowest BCUT2D eigenvalue weighted by Crippen LogP contribution is -2.36. The van der Waals surface area contributed by atoms with Gasteiger partial charge in [0.2, 0.25) is 0 Å². The maximum Gasteiger partial charge on any atom is 0.263 e. The Morgan fingerprint density at radius 3 is 2.68 bits per heavy atom. The first kappa shape index (κ1) is 19.8. The van der Waals surface area contributed by atoms with Crippen molar-refractivity contribution in [3.8, 4) is 0 Å². The summed E-state index contributed by atoms with van der Waals surface area (Å²) in [5, 5.41) is 5.36. The molecule has 3 rings (SSSR count). The maximum atomic E-state index is 12.7. The molecule has 2 amide bonds. The number of nitrogens with zero attached hydrogens (tertiary/aromatic N) is 1. The highest BCUT2D eigenvalue weighted by Crippen LogP contribution is 2.13. The van der Waals surface area contributed by atoms with Gasteiger partial charge >= 0.3 is 0 Å². The Balaban J connectivity index is 1.84. The Morgan fingerprint density at radius 2 is 2.00 bits per heavy atom. The van der Waals surface area contributed by atoms with Crippen LogP contribution in [0.15, 0.2) is 47.4 Å². The molecule has 1 aromatic heterocycles. The molecule has 1 aliphatic heterocycles. The van der Waals surface area contributed by atoms with Crippen molar-refractivity contribution in [2.75, 3.05) is 26.8 Å². The minimum absolute atomic E-state index is 0.0490. The summed E-state index contributed by atoms with van der Waals surface area (Å²) in [4.78, 5) is 37.5. The fourth-order valence-electron chi connectivity index (χ4n) is 3.26. The van der Waals surface area contributed by atoms with Crippen LogP contribution in [0.3, 0.4) is 0 Å². The zero-order valence-corrected chi connectivity index (χ0v) is 15.9. The first-order chi connectivity index (χ1) is 13.6. The molecule has 2 heterocycles. The Bertz CT molecular complexity index is 886. The normalized spacial score (nSPS) is 16.4. The molecule has 1 atom stereocenters. The van der Waals surface area contributed by atoms with Crippen molar-refractivity contribution in [1.82, 2.24) is 15.2 Å². The van der Waals surface area contributed by atoms with Crippen molar-refractivity contribution in [3.05, 3.63) is 69.6 Å². The predicted molar refractivity (Wildman–Crippen MR) is 106 cm³/mol. The molecular formula is C21H25N3O4. The van der Waals surface area contributed by atoms with Crippen molar-refractivity contribution < 1.29 is 14.3 Å². The molecule has 0 unspecified atom stereocenters. The Morgan fingerprint density at radius 1 is 1.21 bits per heavy atom. The zero-order valence-electron chi connectivity index (χ0n) is 15.9. The van der Waals surface area contributed by atoms with E-state index in [0.29, 0.717) is 13.2 Å². The van der Waals surface area contributed by atoms with Gasteiger partial charge in [0.1, 0.15) is 5.56 Å². The molecule has 1 aliphatic rings. The van der Waals surface area contributed by atoms with Gasteiger partial charge < -0.3 is 19.9 Å². The highest BCUT2D eigenvalue weighted by molar-refractivity contribution is 5.99. The van der Waals surface area contributed by atoms with Crippen molar-refractivity contribution in [2.24, 2.45) is 5.92 Å². The van der Waals surface area contributed by atoms with E-state index in [4.69, 9.17) is 4.74 Å². The average molecular weight is 383 g/mol. The summed E-state index contributed by atoms with van der Waals surface area (Å²) in [6, 6.07) is 10.8. The standard InChI is InChI=1S/C21H25N3O4/c1-22-20(26)18-10-17(19(25)23-11-16-8-5-9-28-14-16)13-24(21(18)27)12-15-6-3-2-4-7-15/h2-4,6-7,10,13,16H,5,8-9,11-12,14H2,1H3,(H,22,26)(H,23,25)/t16-/m1/s1. The molecule has 0 radical (unpaired) electrons. The number of hydrogen-bond donors (Lipinski definition) is 2. The molecule has 28 heavy (non-hydrogen) atoms. The van der Waals surface area contributed by atoms with Crippen molar-refractivity contribution >= 4 is 11.8 Å². The number of ether oxygens (including phenoxy) is 1. The third-order valence-electron chi connectivity index (χ3n) is 4.82. The van der Waals surface area contributed by atoms with Gasteiger partial charge in [-0.25, -0.2) is 0 Å². The Kier molecular flexibility index (Phi) is 6.60. The summed E-state index contributed by atoms with van der Waals surface area (Å²) in [7, 11) is 1.46. The SMILES string of the molecule is CNC(=O)c1cc(C(=O)NC[C@H]2CCCOC2)cn(Cc2ccccc2)c1=O. The second kappa shape index (κ2) is 9.32. The third kappa shape index (κ3) is 4.86. The summed E-state index contributed by atoms with van der Waals surface area (Å²) < 4.78 is 6.84. The van der Waals surface area contributed by atoms with E-state index in [1.54, 1.807) is 0 Å². The highest BCUT2D eigenvalue weighted by Gasteiger charge is 2.19. The van der Waals surface area contributed by atoms with E-state index in [9.17, 15) is 14.4 Å². The van der Waals surface area contributed by atoms with Crippen LogP contribution in [0.1, 0.15) is 39.1 Å². The number of pyridine rings is 1. The third-order valence-corrected chi connectivity index (χ3v) is 4.82. The molecule has 7 nitrogen and oxygen atoms in total. The van der Waals surface area contributed by atoms with E-state index < -0.39 is 11.5 Å². The first-order valence-corrected chi connectivity index (χ1v) is 9.45. The van der Waals surface area contributed by atoms with Gasteiger partial charge in [0.05, 0.1) is 18.7 Å². The Hall–Kier alpha value is -2.93. The molecule has 7 heteroatoms. The molecule has 2 aromatic rings. The van der Waals surface area contributed by atoms with Gasteiger partial charge in [-0.2, -0.15) is 0 Å². The lowest BCUT2D eigenvalue weighted by molar-refractivity contribution is 0.0536. The van der Waals surface area contributed by atoms with Crippen LogP contribution in [-0.4, -0.2) is 43.2 Å². The lowest BCUT2D eigenvalue weighted by atomic mass is 10.0. The van der Waals surface area contributed by atoms with E-state index in [1.807, 2.05) is 30.3 Å². The number of aromatic nitrogens is 1. The summed E-state index contributed by atoms with van der Waals surface area (Å²) >= 11 is 0. The molecule has 1 saturated heterocycles. The van der Waals surface area contributed by atoms with Crippen LogP contribution in [0.4, 0.5) is 0 Å². The van der Waals surface area contributed by atoms with Crippen LogP contribution in [0.25, 0.3) is 0 Å². The van der Waals surface area contributed by atoms with Gasteiger partial charge in [0.25, 0.3) is 17.4 Å². The van der Waals surface area contributed by atoms with Gasteiger partial charge in [-0.3, -0.25) is 14.4 Å². The molecule has 148 valence electrons. The summed E-state index contributed by atoms with van der Waals surface area (Å²) in [6.07, 6.45) is 3.51. The quantitative estimate of drug-likeness (QED) is 0.789. The molecule has 0 saturated carbocycles. The molecule has 0 aliphatic carbocycles. The van der Waals surface area contributed by atoms with Crippen molar-refractivity contribution in [3.63, 3.8) is 0 Å². The maximum absolute atomic E-state index is 12.7. The fraction of sp³-hybridized carbons (Fsp3) is 0.381. The van der Waals surface area contributed by atoms with E-state index >= 15 is 0 Å². The predicted octanol–water partition coefficient (Wildman–Crippen LogP) is 1.41. The van der Waals surface area contributed by atoms with Gasteiger partial charge in [-0.15, -0.1) is 0 Å². The van der Waals surface area contributed by atoms with Gasteiger partial charge in [-0.1, -0.05) is 30.3 Å². The van der Waals surface area contributed by atoms with Crippen LogP contribution >= 0.6 is 0 Å². The van der Waals surface area contributed by atoms with Crippen LogP contribution in [0, 0.1) is 5.92 Å². The topological polar surface area (TPSA) is 89.4 Å². The van der Waals surface area contributed by atoms with Crippen molar-refractivity contribution in [2.45, 2.75) is 19.4 Å². The molecule has 0 bridgehead atoms. The smallest absolute Gasteiger partial charge is 0.263 e. The van der Waals surface area contributed by atoms with Crippen LogP contribution < -0.4 is 16.2 Å². The molecule has 1 fully saturated rings.